The van der Waals surface area contributed by atoms with Gasteiger partial charge < -0.3 is 4.57 Å². The van der Waals surface area contributed by atoms with Crippen molar-refractivity contribution in [2.24, 2.45) is 7.05 Å². The van der Waals surface area contributed by atoms with Gasteiger partial charge in [0.25, 0.3) is 5.56 Å². The van der Waals surface area contributed by atoms with Crippen LogP contribution in [0.5, 0.6) is 0 Å². The highest BCUT2D eigenvalue weighted by Gasteiger charge is 2.25. The molecule has 2 aromatic rings. The van der Waals surface area contributed by atoms with Crippen LogP contribution in [0.15, 0.2) is 46.2 Å². The van der Waals surface area contributed by atoms with Gasteiger partial charge in [-0.15, -0.1) is 0 Å². The second kappa shape index (κ2) is 6.27. The van der Waals surface area contributed by atoms with Gasteiger partial charge in [0, 0.05) is 44.2 Å². The maximum atomic E-state index is 11.8. The Morgan fingerprint density at radius 2 is 2.09 bits per heavy atom. The van der Waals surface area contributed by atoms with E-state index in [1.54, 1.807) is 36.0 Å². The molecule has 6 heteroatoms. The Bertz CT molecular complexity index is 765. The average Bonchev–Trinajstić information content (AvgIpc) is 2.92. The normalized spacial score (nSPS) is 18.7. The molecule has 0 aromatic carbocycles. The molecule has 0 spiro atoms. The Hall–Kier alpha value is -2.21. The van der Waals surface area contributed by atoms with Crippen molar-refractivity contribution in [2.75, 3.05) is 6.54 Å². The third-order valence-corrected chi connectivity index (χ3v) is 4.20. The van der Waals surface area contributed by atoms with E-state index >= 15 is 0 Å². The molecule has 1 unspecified atom stereocenters. The van der Waals surface area contributed by atoms with Crippen LogP contribution < -0.4 is 11.1 Å². The van der Waals surface area contributed by atoms with Crippen LogP contribution in [0.25, 0.3) is 0 Å². The van der Waals surface area contributed by atoms with Gasteiger partial charge in [0.1, 0.15) is 0 Å². The average molecular weight is 300 g/mol. The number of nitrogens with zero attached hydrogens (tertiary/aromatic N) is 4. The zero-order chi connectivity index (χ0) is 15.5. The van der Waals surface area contributed by atoms with Crippen LogP contribution in [0.3, 0.4) is 0 Å². The van der Waals surface area contributed by atoms with E-state index in [0.717, 1.165) is 31.5 Å². The molecule has 22 heavy (non-hydrogen) atoms. The molecule has 0 saturated carbocycles. The molecule has 2 aromatic heterocycles. The predicted octanol–water partition coefficient (Wildman–Crippen LogP) is 0.607. The van der Waals surface area contributed by atoms with Crippen LogP contribution in [0, 0.1) is 0 Å². The van der Waals surface area contributed by atoms with Crippen LogP contribution in [-0.2, 0) is 20.1 Å². The van der Waals surface area contributed by atoms with E-state index in [-0.39, 0.29) is 11.1 Å². The molecule has 0 radical (unpaired) electrons. The fraction of sp³-hybridized carbons (Fsp3) is 0.438. The largest absolute Gasteiger partial charge is 0.318 e. The van der Waals surface area contributed by atoms with Crippen molar-refractivity contribution < 1.29 is 0 Å². The van der Waals surface area contributed by atoms with Gasteiger partial charge in [-0.25, -0.2) is 4.68 Å². The van der Waals surface area contributed by atoms with Gasteiger partial charge in [-0.1, -0.05) is 6.07 Å². The number of hydrogen-bond donors (Lipinski definition) is 0. The van der Waals surface area contributed by atoms with Crippen LogP contribution in [0.4, 0.5) is 0 Å². The molecule has 3 rings (SSSR count). The second-order valence-electron chi connectivity index (χ2n) is 5.80. The molecule has 1 aliphatic heterocycles. The molecule has 0 aliphatic carbocycles. The lowest BCUT2D eigenvalue weighted by Crippen LogP contribution is -2.36. The first-order chi connectivity index (χ1) is 10.6. The fourth-order valence-corrected chi connectivity index (χ4v) is 3.01. The van der Waals surface area contributed by atoms with E-state index in [0.29, 0.717) is 12.6 Å². The third kappa shape index (κ3) is 3.17. The van der Waals surface area contributed by atoms with Gasteiger partial charge in [0.05, 0.1) is 6.54 Å². The minimum atomic E-state index is -0.0588. The maximum absolute atomic E-state index is 11.8. The van der Waals surface area contributed by atoms with Gasteiger partial charge in [0.15, 0.2) is 0 Å². The first-order valence-electron chi connectivity index (χ1n) is 7.55. The minimum absolute atomic E-state index is 0.00163. The quantitative estimate of drug-likeness (QED) is 0.830. The molecule has 1 atom stereocenters. The van der Waals surface area contributed by atoms with E-state index in [1.165, 1.54) is 4.68 Å². The molecule has 3 heterocycles. The summed E-state index contributed by atoms with van der Waals surface area (Å²) < 4.78 is 3.13. The van der Waals surface area contributed by atoms with Gasteiger partial charge in [-0.3, -0.25) is 14.5 Å². The number of aryl methyl sites for hydroxylation is 1. The van der Waals surface area contributed by atoms with Crippen LogP contribution in [0.2, 0.25) is 0 Å². The Balaban J connectivity index is 1.73. The summed E-state index contributed by atoms with van der Waals surface area (Å²) in [5.41, 5.74) is 1.06. The molecule has 1 fully saturated rings. The number of aromatic nitrogens is 3. The topological polar surface area (TPSA) is 60.1 Å². The van der Waals surface area contributed by atoms with E-state index in [4.69, 9.17) is 0 Å². The highest BCUT2D eigenvalue weighted by atomic mass is 16.1. The molecule has 0 amide bonds. The van der Waals surface area contributed by atoms with Crippen LogP contribution >= 0.6 is 0 Å². The summed E-state index contributed by atoms with van der Waals surface area (Å²) in [7, 11) is 1.76. The molecule has 6 nitrogen and oxygen atoms in total. The Morgan fingerprint density at radius 3 is 2.86 bits per heavy atom. The molecule has 1 saturated heterocycles. The first kappa shape index (κ1) is 14.7. The van der Waals surface area contributed by atoms with E-state index < -0.39 is 0 Å². The van der Waals surface area contributed by atoms with Crippen molar-refractivity contribution in [3.05, 3.63) is 62.9 Å². The molecule has 0 N–H and O–H groups in total. The lowest BCUT2D eigenvalue weighted by atomic mass is 10.2. The summed E-state index contributed by atoms with van der Waals surface area (Å²) >= 11 is 0. The standard InChI is InChI=1S/C16H20N4O2/c1-18-10-13(6-7-15(18)21)11-19-9-3-4-14(19)12-20-16(22)5-2-8-17-20/h2,5-8,10,14H,3-4,9,11-12H2,1H3. The maximum Gasteiger partial charge on any atom is 0.266 e. The van der Waals surface area contributed by atoms with Gasteiger partial charge in [-0.2, -0.15) is 5.10 Å². The molecular weight excluding hydrogens is 280 g/mol. The van der Waals surface area contributed by atoms with E-state index in [1.807, 2.05) is 12.3 Å². The van der Waals surface area contributed by atoms with Crippen molar-refractivity contribution in [2.45, 2.75) is 32.0 Å². The van der Waals surface area contributed by atoms with E-state index in [9.17, 15) is 9.59 Å². The zero-order valence-corrected chi connectivity index (χ0v) is 12.7. The highest BCUT2D eigenvalue weighted by Crippen LogP contribution is 2.20. The van der Waals surface area contributed by atoms with Crippen LogP contribution in [0.1, 0.15) is 18.4 Å². The zero-order valence-electron chi connectivity index (χ0n) is 12.7. The molecule has 116 valence electrons. The first-order valence-corrected chi connectivity index (χ1v) is 7.55. The summed E-state index contributed by atoms with van der Waals surface area (Å²) in [4.78, 5) is 25.6. The molecule has 1 aliphatic rings. The van der Waals surface area contributed by atoms with Gasteiger partial charge in [0.2, 0.25) is 5.56 Å². The molecular formula is C16H20N4O2. The number of likely N-dealkylation sites (tertiary alicyclic amines) is 1. The second-order valence-corrected chi connectivity index (χ2v) is 5.80. The fourth-order valence-electron chi connectivity index (χ4n) is 3.01. The number of rotatable bonds is 4. The van der Waals surface area contributed by atoms with Gasteiger partial charge in [-0.05, 0) is 31.0 Å². The van der Waals surface area contributed by atoms with Gasteiger partial charge >= 0.3 is 0 Å². The van der Waals surface area contributed by atoms with Crippen molar-refractivity contribution in [3.8, 4) is 0 Å². The summed E-state index contributed by atoms with van der Waals surface area (Å²) in [6.45, 7) is 2.42. The van der Waals surface area contributed by atoms with Crippen molar-refractivity contribution in [1.29, 1.82) is 0 Å². The molecule has 0 bridgehead atoms. The summed E-state index contributed by atoms with van der Waals surface area (Å²) in [6.07, 6.45) is 5.71. The van der Waals surface area contributed by atoms with Crippen molar-refractivity contribution >= 4 is 0 Å². The lowest BCUT2D eigenvalue weighted by molar-refractivity contribution is 0.216. The van der Waals surface area contributed by atoms with Crippen molar-refractivity contribution in [1.82, 2.24) is 19.2 Å². The lowest BCUT2D eigenvalue weighted by Gasteiger charge is -2.24. The summed E-state index contributed by atoms with van der Waals surface area (Å²) in [5, 5.41) is 4.14. The predicted molar refractivity (Wildman–Crippen MR) is 83.6 cm³/mol. The third-order valence-electron chi connectivity index (χ3n) is 4.20. The Labute approximate surface area is 128 Å². The minimum Gasteiger partial charge on any atom is -0.318 e. The highest BCUT2D eigenvalue weighted by molar-refractivity contribution is 5.10. The summed E-state index contributed by atoms with van der Waals surface area (Å²) in [6, 6.07) is 6.99. The van der Waals surface area contributed by atoms with Crippen LogP contribution in [-0.4, -0.2) is 31.8 Å². The number of hydrogen-bond acceptors (Lipinski definition) is 4. The smallest absolute Gasteiger partial charge is 0.266 e. The Morgan fingerprint density at radius 1 is 1.23 bits per heavy atom. The number of pyridine rings is 1. The Kier molecular flexibility index (Phi) is 4.20. The van der Waals surface area contributed by atoms with Crippen molar-refractivity contribution in [3.63, 3.8) is 0 Å². The summed E-state index contributed by atoms with van der Waals surface area (Å²) in [5.74, 6) is 0. The van der Waals surface area contributed by atoms with E-state index in [2.05, 4.69) is 10.00 Å². The SMILES string of the molecule is Cn1cc(CN2CCCC2Cn2ncccc2=O)ccc1=O. The monoisotopic (exact) mass is 300 g/mol.